The van der Waals surface area contributed by atoms with E-state index >= 15 is 0 Å². The first-order valence-corrected chi connectivity index (χ1v) is 8.50. The number of nitrogens with zero attached hydrogens (tertiary/aromatic N) is 5. The summed E-state index contributed by atoms with van der Waals surface area (Å²) in [6.07, 6.45) is 5.39. The SMILES string of the molecule is CCC1c2cc(F)c(F)cc2CN1c1nc(-c2ncccn2)ncc1Cl. The van der Waals surface area contributed by atoms with Gasteiger partial charge in [-0.2, -0.15) is 0 Å². The van der Waals surface area contributed by atoms with Crippen molar-refractivity contribution in [3.63, 3.8) is 0 Å². The zero-order chi connectivity index (χ0) is 18.3. The van der Waals surface area contributed by atoms with Crippen LogP contribution >= 0.6 is 11.6 Å². The van der Waals surface area contributed by atoms with E-state index in [9.17, 15) is 8.78 Å². The fourth-order valence-corrected chi connectivity index (χ4v) is 3.46. The normalized spacial score (nSPS) is 16.0. The highest BCUT2D eigenvalue weighted by Gasteiger charge is 2.33. The Bertz CT molecular complexity index is 967. The van der Waals surface area contributed by atoms with Crippen LogP contribution in [-0.2, 0) is 6.54 Å². The lowest BCUT2D eigenvalue weighted by Crippen LogP contribution is -2.22. The Morgan fingerprint density at radius 1 is 1.12 bits per heavy atom. The van der Waals surface area contributed by atoms with Gasteiger partial charge in [-0.25, -0.2) is 28.7 Å². The van der Waals surface area contributed by atoms with E-state index in [1.165, 1.54) is 18.3 Å². The molecule has 0 saturated heterocycles. The number of halogens is 3. The van der Waals surface area contributed by atoms with Gasteiger partial charge in [0.25, 0.3) is 0 Å². The van der Waals surface area contributed by atoms with E-state index in [4.69, 9.17) is 11.6 Å². The molecule has 26 heavy (non-hydrogen) atoms. The second-order valence-corrected chi connectivity index (χ2v) is 6.36. The molecule has 0 radical (unpaired) electrons. The molecule has 0 bridgehead atoms. The molecular weight excluding hydrogens is 360 g/mol. The number of rotatable bonds is 3. The van der Waals surface area contributed by atoms with Crippen LogP contribution in [0.25, 0.3) is 11.6 Å². The summed E-state index contributed by atoms with van der Waals surface area (Å²) in [4.78, 5) is 18.9. The molecule has 1 aliphatic rings. The van der Waals surface area contributed by atoms with Crippen molar-refractivity contribution in [3.05, 3.63) is 64.6 Å². The summed E-state index contributed by atoms with van der Waals surface area (Å²) in [6.45, 7) is 2.36. The Balaban J connectivity index is 1.78. The van der Waals surface area contributed by atoms with Gasteiger partial charge in [-0.3, -0.25) is 0 Å². The van der Waals surface area contributed by atoms with E-state index in [0.29, 0.717) is 35.5 Å². The van der Waals surface area contributed by atoms with Crippen LogP contribution in [0, 0.1) is 11.6 Å². The lowest BCUT2D eigenvalue weighted by atomic mass is 10.0. The molecule has 0 amide bonds. The Morgan fingerprint density at radius 2 is 1.85 bits per heavy atom. The number of hydrogen-bond acceptors (Lipinski definition) is 5. The summed E-state index contributed by atoms with van der Waals surface area (Å²) < 4.78 is 27.4. The molecule has 0 N–H and O–H groups in total. The summed E-state index contributed by atoms with van der Waals surface area (Å²) in [5.74, 6) is -0.489. The molecule has 3 aromatic rings. The summed E-state index contributed by atoms with van der Waals surface area (Å²) in [5.41, 5.74) is 1.47. The maximum atomic E-state index is 13.7. The average molecular weight is 374 g/mol. The van der Waals surface area contributed by atoms with Crippen molar-refractivity contribution in [2.24, 2.45) is 0 Å². The van der Waals surface area contributed by atoms with Crippen LogP contribution in [0.5, 0.6) is 0 Å². The van der Waals surface area contributed by atoms with E-state index in [-0.39, 0.29) is 6.04 Å². The van der Waals surface area contributed by atoms with Crippen LogP contribution < -0.4 is 4.90 Å². The third kappa shape index (κ3) is 2.78. The van der Waals surface area contributed by atoms with Crippen molar-refractivity contribution in [3.8, 4) is 11.6 Å². The molecule has 8 heteroatoms. The smallest absolute Gasteiger partial charge is 0.199 e. The third-order valence-corrected chi connectivity index (χ3v) is 4.67. The van der Waals surface area contributed by atoms with Crippen molar-refractivity contribution in [2.75, 3.05) is 4.90 Å². The first-order chi connectivity index (χ1) is 12.6. The Labute approximate surface area is 153 Å². The molecule has 132 valence electrons. The van der Waals surface area contributed by atoms with Gasteiger partial charge >= 0.3 is 0 Å². The van der Waals surface area contributed by atoms with Gasteiger partial charge in [-0.15, -0.1) is 0 Å². The monoisotopic (exact) mass is 373 g/mol. The number of benzene rings is 1. The molecule has 4 rings (SSSR count). The van der Waals surface area contributed by atoms with Crippen LogP contribution in [0.4, 0.5) is 14.6 Å². The zero-order valence-electron chi connectivity index (χ0n) is 13.8. The summed E-state index contributed by atoms with van der Waals surface area (Å²) in [7, 11) is 0. The highest BCUT2D eigenvalue weighted by atomic mass is 35.5. The first kappa shape index (κ1) is 16.8. The minimum Gasteiger partial charge on any atom is -0.344 e. The molecule has 1 atom stereocenters. The van der Waals surface area contributed by atoms with Crippen LogP contribution in [0.3, 0.4) is 0 Å². The van der Waals surface area contributed by atoms with E-state index < -0.39 is 11.6 Å². The van der Waals surface area contributed by atoms with Crippen molar-refractivity contribution in [2.45, 2.75) is 25.9 Å². The number of aromatic nitrogens is 4. The molecule has 1 aromatic carbocycles. The predicted molar refractivity (Wildman–Crippen MR) is 93.6 cm³/mol. The molecule has 2 aromatic heterocycles. The average Bonchev–Trinajstić information content (AvgIpc) is 3.00. The van der Waals surface area contributed by atoms with E-state index in [2.05, 4.69) is 19.9 Å². The van der Waals surface area contributed by atoms with E-state index in [1.54, 1.807) is 18.5 Å². The van der Waals surface area contributed by atoms with Gasteiger partial charge in [0.2, 0.25) is 0 Å². The van der Waals surface area contributed by atoms with Crippen molar-refractivity contribution < 1.29 is 8.78 Å². The Kier molecular flexibility index (Phi) is 4.24. The number of fused-ring (bicyclic) bond motifs is 1. The minimum absolute atomic E-state index is 0.156. The fourth-order valence-electron chi connectivity index (χ4n) is 3.26. The Hall–Kier alpha value is -2.67. The summed E-state index contributed by atoms with van der Waals surface area (Å²) >= 11 is 6.34. The van der Waals surface area contributed by atoms with Crippen LogP contribution in [-0.4, -0.2) is 19.9 Å². The van der Waals surface area contributed by atoms with Gasteiger partial charge in [0.05, 0.1) is 12.2 Å². The molecule has 0 fully saturated rings. The third-order valence-electron chi connectivity index (χ3n) is 4.41. The van der Waals surface area contributed by atoms with Crippen LogP contribution in [0.1, 0.15) is 30.5 Å². The van der Waals surface area contributed by atoms with E-state index in [1.807, 2.05) is 11.8 Å². The maximum Gasteiger partial charge on any atom is 0.199 e. The number of anilines is 1. The quantitative estimate of drug-likeness (QED) is 0.683. The molecule has 0 spiro atoms. The molecule has 1 aliphatic heterocycles. The summed E-state index contributed by atoms with van der Waals surface area (Å²) in [5, 5.41) is 0.358. The van der Waals surface area contributed by atoms with Crippen molar-refractivity contribution in [1.29, 1.82) is 0 Å². The molecular formula is C18H14ClF2N5. The van der Waals surface area contributed by atoms with Crippen molar-refractivity contribution >= 4 is 17.4 Å². The second-order valence-electron chi connectivity index (χ2n) is 5.95. The summed E-state index contributed by atoms with van der Waals surface area (Å²) in [6, 6.07) is 4.05. The lowest BCUT2D eigenvalue weighted by molar-refractivity contribution is 0.505. The van der Waals surface area contributed by atoms with Crippen molar-refractivity contribution in [1.82, 2.24) is 19.9 Å². The highest BCUT2D eigenvalue weighted by Crippen LogP contribution is 2.41. The van der Waals surface area contributed by atoms with Gasteiger partial charge in [-0.1, -0.05) is 18.5 Å². The highest BCUT2D eigenvalue weighted by molar-refractivity contribution is 6.32. The van der Waals surface area contributed by atoms with Gasteiger partial charge in [0, 0.05) is 18.9 Å². The first-order valence-electron chi connectivity index (χ1n) is 8.13. The predicted octanol–water partition coefficient (Wildman–Crippen LogP) is 4.34. The topological polar surface area (TPSA) is 54.8 Å². The van der Waals surface area contributed by atoms with Gasteiger partial charge in [0.1, 0.15) is 5.02 Å². The second kappa shape index (κ2) is 6.57. The molecule has 5 nitrogen and oxygen atoms in total. The maximum absolute atomic E-state index is 13.7. The van der Waals surface area contributed by atoms with Gasteiger partial charge < -0.3 is 4.90 Å². The molecule has 0 saturated carbocycles. The van der Waals surface area contributed by atoms with Crippen LogP contribution in [0.2, 0.25) is 5.02 Å². The fraction of sp³-hybridized carbons (Fsp3) is 0.222. The van der Waals surface area contributed by atoms with E-state index in [0.717, 1.165) is 11.1 Å². The van der Waals surface area contributed by atoms with Gasteiger partial charge in [-0.05, 0) is 35.7 Å². The molecule has 3 heterocycles. The number of hydrogen-bond donors (Lipinski definition) is 0. The van der Waals surface area contributed by atoms with Gasteiger partial charge in [0.15, 0.2) is 29.1 Å². The minimum atomic E-state index is -0.854. The lowest BCUT2D eigenvalue weighted by Gasteiger charge is -2.26. The Morgan fingerprint density at radius 3 is 2.58 bits per heavy atom. The standard InChI is InChI=1S/C18H14ClF2N5/c1-2-15-11-7-14(21)13(20)6-10(11)9-26(15)18-12(19)8-24-17(25-18)16-22-4-3-5-23-16/h3-8,15H,2,9H2,1H3. The molecule has 0 aliphatic carbocycles. The largest absolute Gasteiger partial charge is 0.344 e. The molecule has 1 unspecified atom stereocenters. The van der Waals surface area contributed by atoms with Crippen LogP contribution in [0.15, 0.2) is 36.8 Å². The zero-order valence-corrected chi connectivity index (χ0v) is 14.6.